The first-order chi connectivity index (χ1) is 17.5. The Balaban J connectivity index is 2.05. The Morgan fingerprint density at radius 2 is 1.39 bits per heavy atom. The van der Waals surface area contributed by atoms with Crippen molar-refractivity contribution in [2.24, 2.45) is 0 Å². The van der Waals surface area contributed by atoms with Gasteiger partial charge in [-0.25, -0.2) is 9.59 Å². The third-order valence-electron chi connectivity index (χ3n) is 5.83. The summed E-state index contributed by atoms with van der Waals surface area (Å²) in [4.78, 5) is 23.4. The van der Waals surface area contributed by atoms with Crippen molar-refractivity contribution in [2.75, 3.05) is 13.2 Å². The van der Waals surface area contributed by atoms with Crippen molar-refractivity contribution >= 4 is 22.7 Å². The molecule has 0 heterocycles. The first-order valence-corrected chi connectivity index (χ1v) is 12.9. The van der Waals surface area contributed by atoms with Gasteiger partial charge in [0.1, 0.15) is 36.9 Å². The molecule has 2 rings (SSSR count). The van der Waals surface area contributed by atoms with Gasteiger partial charge >= 0.3 is 11.9 Å². The summed E-state index contributed by atoms with van der Waals surface area (Å²) in [5, 5.41) is 1.89. The van der Waals surface area contributed by atoms with Crippen LogP contribution in [0, 0.1) is 0 Å². The average Bonchev–Trinajstić information content (AvgIpc) is 2.89. The molecule has 0 bridgehead atoms. The van der Waals surface area contributed by atoms with Crippen molar-refractivity contribution in [3.8, 4) is 11.5 Å². The topological polar surface area (TPSA) is 71.1 Å². The van der Waals surface area contributed by atoms with Crippen molar-refractivity contribution < 1.29 is 28.5 Å². The molecule has 2 aromatic rings. The number of fused-ring (bicyclic) bond motifs is 1. The molecular formula is C30H40O6. The molecule has 6 nitrogen and oxygen atoms in total. The van der Waals surface area contributed by atoms with Crippen LogP contribution in [-0.2, 0) is 19.1 Å². The fourth-order valence-electron chi connectivity index (χ4n) is 3.84. The van der Waals surface area contributed by atoms with Crippen molar-refractivity contribution in [3.63, 3.8) is 0 Å². The molecule has 0 N–H and O–H groups in total. The summed E-state index contributed by atoms with van der Waals surface area (Å²) < 4.78 is 23.0. The van der Waals surface area contributed by atoms with E-state index in [1.54, 1.807) is 0 Å². The van der Waals surface area contributed by atoms with Gasteiger partial charge in [0.15, 0.2) is 0 Å². The minimum Gasteiger partial charge on any atom is -0.490 e. The Morgan fingerprint density at radius 3 is 1.94 bits per heavy atom. The molecule has 0 radical (unpaired) electrons. The Morgan fingerprint density at radius 1 is 0.806 bits per heavy atom. The predicted octanol–water partition coefficient (Wildman–Crippen LogP) is 6.95. The highest BCUT2D eigenvalue weighted by Crippen LogP contribution is 2.29. The first-order valence-electron chi connectivity index (χ1n) is 12.9. The zero-order valence-corrected chi connectivity index (χ0v) is 21.7. The molecule has 36 heavy (non-hydrogen) atoms. The quantitative estimate of drug-likeness (QED) is 0.126. The lowest BCUT2D eigenvalue weighted by Crippen LogP contribution is -2.24. The van der Waals surface area contributed by atoms with Crippen LogP contribution in [-0.4, -0.2) is 37.4 Å². The summed E-state index contributed by atoms with van der Waals surface area (Å²) in [6.45, 7) is 11.8. The third kappa shape index (κ3) is 10.1. The van der Waals surface area contributed by atoms with Gasteiger partial charge in [0.25, 0.3) is 0 Å². The fourth-order valence-corrected chi connectivity index (χ4v) is 3.84. The molecule has 0 aliphatic heterocycles. The maximum atomic E-state index is 11.7. The summed E-state index contributed by atoms with van der Waals surface area (Å²) in [7, 11) is 0. The molecule has 0 aliphatic carbocycles. The van der Waals surface area contributed by atoms with Gasteiger partial charge in [-0.2, -0.15) is 0 Å². The lowest BCUT2D eigenvalue weighted by Gasteiger charge is -2.19. The summed E-state index contributed by atoms with van der Waals surface area (Å²) in [5.74, 6) is 0.525. The highest BCUT2D eigenvalue weighted by Gasteiger charge is 2.16. The number of unbranched alkanes of at least 4 members (excludes halogenated alkanes) is 4. The molecule has 0 saturated carbocycles. The van der Waals surface area contributed by atoms with E-state index in [9.17, 15) is 9.59 Å². The van der Waals surface area contributed by atoms with Crippen LogP contribution in [0.25, 0.3) is 10.8 Å². The molecule has 2 atom stereocenters. The number of rotatable bonds is 18. The standard InChI is InChI=1S/C30H40O6/c1-5-9-11-15-25(35-29(31)7-3)21-33-24-18-19-27-23(20-24)14-13-17-28(27)34-22-26(16-12-10-6-2)36-30(32)8-4/h7-8,13-14,17-20,25-26H,3-6,9-12,15-16,21-22H2,1-2H3. The number of ether oxygens (including phenoxy) is 4. The van der Waals surface area contributed by atoms with Crippen LogP contribution in [0.5, 0.6) is 11.5 Å². The van der Waals surface area contributed by atoms with Gasteiger partial charge in [-0.3, -0.25) is 0 Å². The van der Waals surface area contributed by atoms with E-state index in [0.29, 0.717) is 11.5 Å². The van der Waals surface area contributed by atoms with Gasteiger partial charge < -0.3 is 18.9 Å². The number of benzene rings is 2. The van der Waals surface area contributed by atoms with E-state index in [4.69, 9.17) is 18.9 Å². The normalized spacial score (nSPS) is 12.4. The lowest BCUT2D eigenvalue weighted by molar-refractivity contribution is -0.145. The first kappa shape index (κ1) is 29.0. The van der Waals surface area contributed by atoms with Gasteiger partial charge in [0.05, 0.1) is 0 Å². The Kier molecular flexibility index (Phi) is 13.2. The molecule has 0 spiro atoms. The van der Waals surface area contributed by atoms with Crippen LogP contribution in [0.2, 0.25) is 0 Å². The molecule has 0 amide bonds. The maximum Gasteiger partial charge on any atom is 0.330 e. The second-order valence-electron chi connectivity index (χ2n) is 8.78. The largest absolute Gasteiger partial charge is 0.490 e. The molecule has 196 valence electrons. The second-order valence-corrected chi connectivity index (χ2v) is 8.78. The van der Waals surface area contributed by atoms with Crippen molar-refractivity contribution in [3.05, 3.63) is 61.7 Å². The highest BCUT2D eigenvalue weighted by atomic mass is 16.6. The van der Waals surface area contributed by atoms with E-state index >= 15 is 0 Å². The third-order valence-corrected chi connectivity index (χ3v) is 5.83. The second kappa shape index (κ2) is 16.4. The molecule has 2 unspecified atom stereocenters. The molecule has 0 aliphatic rings. The minimum absolute atomic E-state index is 0.273. The molecule has 6 heteroatoms. The van der Waals surface area contributed by atoms with Gasteiger partial charge in [-0.05, 0) is 55.3 Å². The number of carbonyl (C=O) groups excluding carboxylic acids is 2. The summed E-state index contributed by atoms with van der Waals surface area (Å²) >= 11 is 0. The van der Waals surface area contributed by atoms with Crippen LogP contribution < -0.4 is 9.47 Å². The van der Waals surface area contributed by atoms with Crippen molar-refractivity contribution in [1.82, 2.24) is 0 Å². The van der Waals surface area contributed by atoms with E-state index in [0.717, 1.165) is 62.1 Å². The SMILES string of the molecule is C=CC(=O)OC(CCCCC)COc1ccc2c(OCC(CCCCC)OC(=O)C=C)cccc2c1. The molecular weight excluding hydrogens is 456 g/mol. The van der Waals surface area contributed by atoms with E-state index in [-0.39, 0.29) is 25.4 Å². The number of hydrogen-bond donors (Lipinski definition) is 0. The monoisotopic (exact) mass is 496 g/mol. The Bertz CT molecular complexity index is 983. The Labute approximate surface area is 215 Å². The fraction of sp³-hybridized carbons (Fsp3) is 0.467. The van der Waals surface area contributed by atoms with Crippen molar-refractivity contribution in [1.29, 1.82) is 0 Å². The van der Waals surface area contributed by atoms with Crippen LogP contribution in [0.4, 0.5) is 0 Å². The molecule has 2 aromatic carbocycles. The zero-order chi connectivity index (χ0) is 26.2. The summed E-state index contributed by atoms with van der Waals surface area (Å²) in [5.41, 5.74) is 0. The molecule has 0 saturated heterocycles. The number of esters is 2. The van der Waals surface area contributed by atoms with E-state index in [1.165, 1.54) is 12.2 Å². The maximum absolute atomic E-state index is 11.7. The highest BCUT2D eigenvalue weighted by molar-refractivity contribution is 5.89. The van der Waals surface area contributed by atoms with Crippen molar-refractivity contribution in [2.45, 2.75) is 77.4 Å². The zero-order valence-electron chi connectivity index (χ0n) is 21.7. The molecule has 0 fully saturated rings. The lowest BCUT2D eigenvalue weighted by atomic mass is 10.1. The van der Waals surface area contributed by atoms with Crippen LogP contribution in [0.1, 0.15) is 65.2 Å². The van der Waals surface area contributed by atoms with Gasteiger partial charge in [0, 0.05) is 17.5 Å². The van der Waals surface area contributed by atoms with Crippen LogP contribution >= 0.6 is 0 Å². The van der Waals surface area contributed by atoms with Gasteiger partial charge in [-0.15, -0.1) is 0 Å². The summed E-state index contributed by atoms with van der Waals surface area (Å²) in [6, 6.07) is 11.6. The van der Waals surface area contributed by atoms with Gasteiger partial charge in [-0.1, -0.05) is 64.8 Å². The van der Waals surface area contributed by atoms with E-state index < -0.39 is 11.9 Å². The van der Waals surface area contributed by atoms with Gasteiger partial charge in [0.2, 0.25) is 0 Å². The van der Waals surface area contributed by atoms with Crippen LogP contribution in [0.3, 0.4) is 0 Å². The van der Waals surface area contributed by atoms with E-state index in [2.05, 4.69) is 27.0 Å². The van der Waals surface area contributed by atoms with Crippen LogP contribution in [0.15, 0.2) is 61.7 Å². The molecule has 0 aromatic heterocycles. The smallest absolute Gasteiger partial charge is 0.330 e. The predicted molar refractivity (Wildman–Crippen MR) is 143 cm³/mol. The average molecular weight is 497 g/mol. The number of carbonyl (C=O) groups is 2. The Hall–Kier alpha value is -3.28. The van der Waals surface area contributed by atoms with E-state index in [1.807, 2.05) is 36.4 Å². The number of hydrogen-bond acceptors (Lipinski definition) is 6. The minimum atomic E-state index is -0.438. The summed E-state index contributed by atoms with van der Waals surface area (Å²) in [6.07, 6.45) is 9.45.